The highest BCUT2D eigenvalue weighted by Crippen LogP contribution is 2.31. The van der Waals surface area contributed by atoms with Crippen LogP contribution in [0.15, 0.2) is 16.7 Å². The zero-order valence-corrected chi connectivity index (χ0v) is 8.74. The molecular formula is C8H5ClF2N4O. The Morgan fingerprint density at radius 1 is 1.31 bits per heavy atom. The molecule has 0 spiro atoms. The van der Waals surface area contributed by atoms with Gasteiger partial charge >= 0.3 is 11.3 Å². The molecule has 0 saturated heterocycles. The molecule has 2 aromatic heterocycles. The van der Waals surface area contributed by atoms with Gasteiger partial charge in [-0.2, -0.15) is 18.9 Å². The van der Waals surface area contributed by atoms with E-state index in [-0.39, 0.29) is 11.5 Å². The third-order valence-electron chi connectivity index (χ3n) is 1.70. The molecule has 5 nitrogen and oxygen atoms in total. The smallest absolute Gasteiger partial charge is 0.331 e. The maximum atomic E-state index is 12.6. The van der Waals surface area contributed by atoms with E-state index in [1.54, 1.807) is 19.1 Å². The molecule has 0 fully saturated rings. The van der Waals surface area contributed by atoms with Crippen molar-refractivity contribution in [3.63, 3.8) is 0 Å². The van der Waals surface area contributed by atoms with Crippen LogP contribution in [0.3, 0.4) is 0 Å². The summed E-state index contributed by atoms with van der Waals surface area (Å²) in [6.07, 6.45) is 0. The Balaban J connectivity index is 2.35. The predicted octanol–water partition coefficient (Wildman–Crippen LogP) is 2.12. The van der Waals surface area contributed by atoms with E-state index in [1.165, 1.54) is 0 Å². The lowest BCUT2D eigenvalue weighted by Gasteiger charge is -1.97. The van der Waals surface area contributed by atoms with E-state index in [4.69, 9.17) is 11.6 Å². The molecule has 0 aromatic carbocycles. The first-order valence-corrected chi connectivity index (χ1v) is 4.56. The highest BCUT2D eigenvalue weighted by atomic mass is 35.5. The highest BCUT2D eigenvalue weighted by molar-refractivity contribution is 6.21. The zero-order valence-electron chi connectivity index (χ0n) is 7.99. The normalized spacial score (nSPS) is 11.8. The van der Waals surface area contributed by atoms with Gasteiger partial charge in [0.2, 0.25) is 5.82 Å². The van der Waals surface area contributed by atoms with Gasteiger partial charge in [-0.1, -0.05) is 5.16 Å². The van der Waals surface area contributed by atoms with E-state index in [9.17, 15) is 8.78 Å². The second-order valence-corrected chi connectivity index (χ2v) is 3.46. The van der Waals surface area contributed by atoms with Crippen molar-refractivity contribution in [2.24, 2.45) is 0 Å². The minimum Gasteiger partial charge on any atom is -0.331 e. The van der Waals surface area contributed by atoms with Gasteiger partial charge in [0.15, 0.2) is 0 Å². The van der Waals surface area contributed by atoms with Crippen LogP contribution in [0.25, 0.3) is 11.5 Å². The lowest BCUT2D eigenvalue weighted by Crippen LogP contribution is -2.03. The molecule has 2 heterocycles. The van der Waals surface area contributed by atoms with Crippen LogP contribution in [0.4, 0.5) is 8.78 Å². The quantitative estimate of drug-likeness (QED) is 0.760. The Bertz CT molecular complexity index is 493. The number of nitrogens with zero attached hydrogens (tertiary/aromatic N) is 4. The van der Waals surface area contributed by atoms with E-state index in [1.807, 2.05) is 0 Å². The minimum atomic E-state index is -3.68. The van der Waals surface area contributed by atoms with Crippen LogP contribution >= 0.6 is 11.6 Å². The van der Waals surface area contributed by atoms with Gasteiger partial charge in [-0.05, 0) is 30.7 Å². The molecule has 0 aliphatic carbocycles. The average Bonchev–Trinajstić information content (AvgIpc) is 2.67. The van der Waals surface area contributed by atoms with Crippen LogP contribution in [0.2, 0.25) is 0 Å². The molecule has 0 aliphatic heterocycles. The third-order valence-corrected chi connectivity index (χ3v) is 1.86. The largest absolute Gasteiger partial charge is 0.400 e. The van der Waals surface area contributed by atoms with Crippen molar-refractivity contribution in [1.29, 1.82) is 0 Å². The average molecular weight is 247 g/mol. The van der Waals surface area contributed by atoms with Gasteiger partial charge in [-0.3, -0.25) is 0 Å². The fourth-order valence-electron chi connectivity index (χ4n) is 0.961. The Morgan fingerprint density at radius 3 is 2.56 bits per heavy atom. The SMILES string of the molecule is Cc1ccc(-c2noc(C(F)(F)Cl)n2)nn1. The first-order valence-electron chi connectivity index (χ1n) is 4.18. The van der Waals surface area contributed by atoms with E-state index in [2.05, 4.69) is 24.9 Å². The molecule has 0 radical (unpaired) electrons. The van der Waals surface area contributed by atoms with Crippen LogP contribution in [0, 0.1) is 6.92 Å². The maximum Gasteiger partial charge on any atom is 0.400 e. The summed E-state index contributed by atoms with van der Waals surface area (Å²) in [5.74, 6) is -1.05. The predicted molar refractivity (Wildman–Crippen MR) is 49.8 cm³/mol. The highest BCUT2D eigenvalue weighted by Gasteiger charge is 2.35. The molecule has 84 valence electrons. The van der Waals surface area contributed by atoms with Gasteiger partial charge < -0.3 is 4.52 Å². The first-order chi connectivity index (χ1) is 7.47. The molecule has 16 heavy (non-hydrogen) atoms. The van der Waals surface area contributed by atoms with Crippen molar-refractivity contribution in [1.82, 2.24) is 20.3 Å². The fourth-order valence-corrected chi connectivity index (χ4v) is 1.04. The maximum absolute atomic E-state index is 12.6. The summed E-state index contributed by atoms with van der Waals surface area (Å²) < 4.78 is 29.5. The summed E-state index contributed by atoms with van der Waals surface area (Å²) >= 11 is 4.72. The summed E-state index contributed by atoms with van der Waals surface area (Å²) in [5, 5.41) is 7.11. The summed E-state index contributed by atoms with van der Waals surface area (Å²) in [6, 6.07) is 3.19. The van der Waals surface area contributed by atoms with Crippen LogP contribution in [0.5, 0.6) is 0 Å². The minimum absolute atomic E-state index is 0.0807. The number of hydrogen-bond acceptors (Lipinski definition) is 5. The summed E-state index contributed by atoms with van der Waals surface area (Å²) in [4.78, 5) is 3.42. The Hall–Kier alpha value is -1.63. The lowest BCUT2D eigenvalue weighted by molar-refractivity contribution is 0.0551. The van der Waals surface area contributed by atoms with E-state index in [0.717, 1.165) is 0 Å². The number of hydrogen-bond donors (Lipinski definition) is 0. The summed E-state index contributed by atoms with van der Waals surface area (Å²) in [5.41, 5.74) is 0.927. The number of alkyl halides is 3. The molecule has 0 amide bonds. The van der Waals surface area contributed by atoms with Crippen LogP contribution in [-0.2, 0) is 5.38 Å². The Labute approximate surface area is 93.4 Å². The topological polar surface area (TPSA) is 64.7 Å². The molecule has 2 rings (SSSR count). The Morgan fingerprint density at radius 2 is 2.06 bits per heavy atom. The van der Waals surface area contributed by atoms with Gasteiger partial charge in [0, 0.05) is 0 Å². The number of aromatic nitrogens is 4. The van der Waals surface area contributed by atoms with Crippen molar-refractivity contribution in [3.05, 3.63) is 23.7 Å². The van der Waals surface area contributed by atoms with E-state index >= 15 is 0 Å². The molecule has 0 N–H and O–H groups in total. The van der Waals surface area contributed by atoms with E-state index in [0.29, 0.717) is 5.69 Å². The van der Waals surface area contributed by atoms with Gasteiger partial charge in [0.25, 0.3) is 0 Å². The second kappa shape index (κ2) is 3.75. The number of rotatable bonds is 2. The zero-order chi connectivity index (χ0) is 11.8. The number of halogens is 3. The molecule has 8 heteroatoms. The summed E-state index contributed by atoms with van der Waals surface area (Å²) in [7, 11) is 0. The molecule has 0 unspecified atom stereocenters. The lowest BCUT2D eigenvalue weighted by atomic mass is 10.3. The molecule has 0 saturated carbocycles. The molecule has 2 aromatic rings. The Kier molecular flexibility index (Phi) is 2.55. The second-order valence-electron chi connectivity index (χ2n) is 2.98. The molecule has 0 atom stereocenters. The molecule has 0 aliphatic rings. The van der Waals surface area contributed by atoms with Crippen LogP contribution < -0.4 is 0 Å². The van der Waals surface area contributed by atoms with Gasteiger partial charge in [-0.25, -0.2) is 0 Å². The number of aryl methyl sites for hydroxylation is 1. The standard InChI is InChI=1S/C8H5ClF2N4O/c1-4-2-3-5(14-13-4)6-12-7(16-15-6)8(9,10)11/h2-3H,1H3. The monoisotopic (exact) mass is 246 g/mol. The molecule has 0 bridgehead atoms. The molecular weight excluding hydrogens is 242 g/mol. The van der Waals surface area contributed by atoms with Crippen molar-refractivity contribution in [3.8, 4) is 11.5 Å². The van der Waals surface area contributed by atoms with Crippen molar-refractivity contribution < 1.29 is 13.3 Å². The van der Waals surface area contributed by atoms with Crippen molar-refractivity contribution in [2.75, 3.05) is 0 Å². The van der Waals surface area contributed by atoms with Crippen molar-refractivity contribution >= 4 is 11.6 Å². The van der Waals surface area contributed by atoms with E-state index < -0.39 is 11.3 Å². The van der Waals surface area contributed by atoms with Gasteiger partial charge in [0.05, 0.1) is 5.69 Å². The summed E-state index contributed by atoms with van der Waals surface area (Å²) in [6.45, 7) is 1.74. The van der Waals surface area contributed by atoms with Gasteiger partial charge in [-0.15, -0.1) is 5.10 Å². The van der Waals surface area contributed by atoms with Crippen molar-refractivity contribution in [2.45, 2.75) is 12.3 Å². The first kappa shape index (κ1) is 10.9. The fraction of sp³-hybridized carbons (Fsp3) is 0.250. The third kappa shape index (κ3) is 2.13. The van der Waals surface area contributed by atoms with Gasteiger partial charge in [0.1, 0.15) is 5.69 Å². The van der Waals surface area contributed by atoms with Crippen LogP contribution in [0.1, 0.15) is 11.6 Å². The van der Waals surface area contributed by atoms with Crippen LogP contribution in [-0.4, -0.2) is 20.3 Å².